The Morgan fingerprint density at radius 2 is 2.11 bits per heavy atom. The molecule has 1 aromatic rings. The van der Waals surface area contributed by atoms with Crippen molar-refractivity contribution >= 4 is 5.69 Å². The van der Waals surface area contributed by atoms with Gasteiger partial charge in [0.15, 0.2) is 0 Å². The van der Waals surface area contributed by atoms with Crippen molar-refractivity contribution in [2.24, 2.45) is 0 Å². The number of benzene rings is 1. The summed E-state index contributed by atoms with van der Waals surface area (Å²) in [5.74, 6) is 0.757. The van der Waals surface area contributed by atoms with Gasteiger partial charge in [-0.1, -0.05) is 0 Å². The summed E-state index contributed by atoms with van der Waals surface area (Å²) in [4.78, 5) is 2.14. The first-order chi connectivity index (χ1) is 8.67. The van der Waals surface area contributed by atoms with Crippen molar-refractivity contribution in [3.8, 4) is 11.8 Å². The first-order valence-electron chi connectivity index (χ1n) is 6.01. The highest BCUT2D eigenvalue weighted by molar-refractivity contribution is 5.62. The van der Waals surface area contributed by atoms with Crippen LogP contribution in [0, 0.1) is 11.3 Å². The number of hydrogen-bond donors (Lipinski definition) is 0. The quantitative estimate of drug-likeness (QED) is 0.775. The molecule has 0 aliphatic carbocycles. The zero-order valence-corrected chi connectivity index (χ0v) is 11.4. The molecule has 1 atom stereocenters. The fourth-order valence-electron chi connectivity index (χ4n) is 2.02. The molecule has 0 aromatic heterocycles. The van der Waals surface area contributed by atoms with Gasteiger partial charge in [-0.3, -0.25) is 0 Å². The van der Waals surface area contributed by atoms with Crippen molar-refractivity contribution in [3.05, 3.63) is 23.8 Å². The zero-order valence-electron chi connectivity index (χ0n) is 11.4. The van der Waals surface area contributed by atoms with E-state index in [4.69, 9.17) is 9.47 Å². The van der Waals surface area contributed by atoms with E-state index in [1.54, 1.807) is 26.4 Å². The molecule has 0 saturated heterocycles. The average molecular weight is 248 g/mol. The highest BCUT2D eigenvalue weighted by Gasteiger charge is 2.16. The van der Waals surface area contributed by atoms with E-state index in [-0.39, 0.29) is 6.04 Å². The molecule has 98 valence electrons. The van der Waals surface area contributed by atoms with Crippen molar-refractivity contribution in [1.82, 2.24) is 0 Å². The molecule has 0 fully saturated rings. The van der Waals surface area contributed by atoms with E-state index in [0.29, 0.717) is 12.2 Å². The fraction of sp³-hybridized carbons (Fsp3) is 0.500. The molecule has 1 rings (SSSR count). The smallest absolute Gasteiger partial charge is 0.121 e. The Hall–Kier alpha value is -1.73. The van der Waals surface area contributed by atoms with E-state index in [0.717, 1.165) is 18.0 Å². The van der Waals surface area contributed by atoms with E-state index >= 15 is 0 Å². The molecule has 4 heteroatoms. The van der Waals surface area contributed by atoms with Crippen molar-refractivity contribution < 1.29 is 9.47 Å². The van der Waals surface area contributed by atoms with Crippen molar-refractivity contribution in [1.29, 1.82) is 5.26 Å². The highest BCUT2D eigenvalue weighted by atomic mass is 16.5. The molecule has 0 spiro atoms. The van der Waals surface area contributed by atoms with Crippen molar-refractivity contribution in [2.75, 3.05) is 32.3 Å². The number of nitrogens with zero attached hydrogens (tertiary/aromatic N) is 2. The predicted octanol–water partition coefficient (Wildman–Crippen LogP) is 2.43. The Bertz CT molecular complexity index is 426. The lowest BCUT2D eigenvalue weighted by Crippen LogP contribution is -2.36. The maximum atomic E-state index is 9.19. The summed E-state index contributed by atoms with van der Waals surface area (Å²) in [5, 5.41) is 9.19. The average Bonchev–Trinajstić information content (AvgIpc) is 2.39. The summed E-state index contributed by atoms with van der Waals surface area (Å²) in [6, 6.07) is 7.92. The van der Waals surface area contributed by atoms with Gasteiger partial charge in [0, 0.05) is 25.8 Å². The molecule has 0 aliphatic rings. The normalized spacial score (nSPS) is 11.7. The number of anilines is 1. The molecular weight excluding hydrogens is 228 g/mol. The SMILES string of the molecule is CCN(c1cc(OC)ccc1C#N)C(C)COC. The summed E-state index contributed by atoms with van der Waals surface area (Å²) in [6.07, 6.45) is 0. The van der Waals surface area contributed by atoms with Crippen LogP contribution in [-0.4, -0.2) is 33.4 Å². The molecule has 0 saturated carbocycles. The number of likely N-dealkylation sites (N-methyl/N-ethyl adjacent to an activating group) is 1. The Morgan fingerprint density at radius 3 is 2.61 bits per heavy atom. The standard InChI is InChI=1S/C14H20N2O2/c1-5-16(11(2)10-17-3)14-8-13(18-4)7-6-12(14)9-15/h6-8,11H,5,10H2,1-4H3. The molecule has 4 nitrogen and oxygen atoms in total. The largest absolute Gasteiger partial charge is 0.497 e. The minimum atomic E-state index is 0.208. The van der Waals surface area contributed by atoms with E-state index in [1.807, 2.05) is 6.07 Å². The van der Waals surface area contributed by atoms with E-state index in [9.17, 15) is 5.26 Å². The minimum Gasteiger partial charge on any atom is -0.497 e. The molecule has 0 N–H and O–H groups in total. The number of hydrogen-bond acceptors (Lipinski definition) is 4. The topological polar surface area (TPSA) is 45.5 Å². The number of nitriles is 1. The van der Waals surface area contributed by atoms with E-state index < -0.39 is 0 Å². The van der Waals surface area contributed by atoms with Crippen molar-refractivity contribution in [3.63, 3.8) is 0 Å². The third kappa shape index (κ3) is 3.14. The lowest BCUT2D eigenvalue weighted by molar-refractivity contribution is 0.182. The van der Waals surface area contributed by atoms with Gasteiger partial charge in [-0.15, -0.1) is 0 Å². The van der Waals surface area contributed by atoms with Crippen LogP contribution in [0.1, 0.15) is 19.4 Å². The Morgan fingerprint density at radius 1 is 1.39 bits per heavy atom. The van der Waals surface area contributed by atoms with Crippen LogP contribution in [0.2, 0.25) is 0 Å². The van der Waals surface area contributed by atoms with Gasteiger partial charge < -0.3 is 14.4 Å². The summed E-state index contributed by atoms with van der Waals surface area (Å²) in [7, 11) is 3.31. The van der Waals surface area contributed by atoms with Crippen LogP contribution in [0.15, 0.2) is 18.2 Å². The Kier molecular flexibility index (Phi) is 5.47. The van der Waals surface area contributed by atoms with Crippen LogP contribution in [0.25, 0.3) is 0 Å². The van der Waals surface area contributed by atoms with Gasteiger partial charge in [0.05, 0.1) is 25.0 Å². The van der Waals surface area contributed by atoms with E-state index in [2.05, 4.69) is 24.8 Å². The Balaban J connectivity index is 3.14. The third-order valence-electron chi connectivity index (χ3n) is 2.92. The van der Waals surface area contributed by atoms with Gasteiger partial charge in [-0.2, -0.15) is 5.26 Å². The van der Waals surface area contributed by atoms with Crippen LogP contribution in [0.5, 0.6) is 5.75 Å². The van der Waals surface area contributed by atoms with Gasteiger partial charge in [0.2, 0.25) is 0 Å². The molecule has 18 heavy (non-hydrogen) atoms. The molecule has 0 radical (unpaired) electrons. The molecule has 1 unspecified atom stereocenters. The molecule has 0 amide bonds. The Labute approximate surface area is 109 Å². The second kappa shape index (κ2) is 6.87. The van der Waals surface area contributed by atoms with Crippen LogP contribution in [-0.2, 0) is 4.74 Å². The molecule has 0 heterocycles. The third-order valence-corrected chi connectivity index (χ3v) is 2.92. The molecule has 0 bridgehead atoms. The van der Waals surface area contributed by atoms with Gasteiger partial charge in [0.1, 0.15) is 11.8 Å². The summed E-state index contributed by atoms with van der Waals surface area (Å²) in [6.45, 7) is 5.57. The number of rotatable bonds is 6. The van der Waals surface area contributed by atoms with Crippen molar-refractivity contribution in [2.45, 2.75) is 19.9 Å². The minimum absolute atomic E-state index is 0.208. The van der Waals surface area contributed by atoms with Gasteiger partial charge in [-0.05, 0) is 26.0 Å². The summed E-state index contributed by atoms with van der Waals surface area (Å²) >= 11 is 0. The van der Waals surface area contributed by atoms with E-state index in [1.165, 1.54) is 0 Å². The van der Waals surface area contributed by atoms with Gasteiger partial charge >= 0.3 is 0 Å². The fourth-order valence-corrected chi connectivity index (χ4v) is 2.02. The van der Waals surface area contributed by atoms with Crippen LogP contribution in [0.4, 0.5) is 5.69 Å². The molecule has 1 aromatic carbocycles. The van der Waals surface area contributed by atoms with Crippen LogP contribution < -0.4 is 9.64 Å². The maximum Gasteiger partial charge on any atom is 0.121 e. The monoisotopic (exact) mass is 248 g/mol. The second-order valence-electron chi connectivity index (χ2n) is 4.09. The molecule has 0 aliphatic heterocycles. The lowest BCUT2D eigenvalue weighted by Gasteiger charge is -2.30. The van der Waals surface area contributed by atoms with Gasteiger partial charge in [0.25, 0.3) is 0 Å². The number of methoxy groups -OCH3 is 2. The zero-order chi connectivity index (χ0) is 13.5. The van der Waals surface area contributed by atoms with Gasteiger partial charge in [-0.25, -0.2) is 0 Å². The summed E-state index contributed by atoms with van der Waals surface area (Å²) in [5.41, 5.74) is 1.55. The van der Waals surface area contributed by atoms with Crippen LogP contribution >= 0.6 is 0 Å². The number of ether oxygens (including phenoxy) is 2. The first kappa shape index (κ1) is 14.3. The summed E-state index contributed by atoms with van der Waals surface area (Å²) < 4.78 is 10.4. The highest BCUT2D eigenvalue weighted by Crippen LogP contribution is 2.27. The van der Waals surface area contributed by atoms with Crippen LogP contribution in [0.3, 0.4) is 0 Å². The maximum absolute atomic E-state index is 9.19. The molecular formula is C14H20N2O2. The predicted molar refractivity (Wildman–Crippen MR) is 72.1 cm³/mol. The lowest BCUT2D eigenvalue weighted by atomic mass is 10.1. The first-order valence-corrected chi connectivity index (χ1v) is 6.01. The second-order valence-corrected chi connectivity index (χ2v) is 4.09.